The van der Waals surface area contributed by atoms with E-state index in [-0.39, 0.29) is 11.4 Å². The van der Waals surface area contributed by atoms with Crippen molar-refractivity contribution in [2.24, 2.45) is 0 Å². The lowest BCUT2D eigenvalue weighted by atomic mass is 10.0. The summed E-state index contributed by atoms with van der Waals surface area (Å²) in [6.45, 7) is 1.87. The van der Waals surface area contributed by atoms with E-state index in [9.17, 15) is 13.5 Å². The molecule has 6 heteroatoms. The average Bonchev–Trinajstić information content (AvgIpc) is 2.98. The highest BCUT2D eigenvalue weighted by Crippen LogP contribution is 2.38. The lowest BCUT2D eigenvalue weighted by molar-refractivity contribution is 0.188. The number of aryl methyl sites for hydroxylation is 1. The number of methoxy groups -OCH3 is 1. The van der Waals surface area contributed by atoms with Gasteiger partial charge >= 0.3 is 0 Å². The molecule has 0 spiro atoms. The monoisotopic (exact) mass is 347 g/mol. The summed E-state index contributed by atoms with van der Waals surface area (Å²) in [5, 5.41) is 10.1. The number of sulfonamides is 1. The largest absolute Gasteiger partial charge is 0.497 e. The summed E-state index contributed by atoms with van der Waals surface area (Å²) in [6, 6.07) is 13.8. The zero-order chi connectivity index (χ0) is 17.3. The van der Waals surface area contributed by atoms with Gasteiger partial charge in [-0.2, -0.15) is 4.31 Å². The molecule has 2 atom stereocenters. The van der Waals surface area contributed by atoms with Crippen LogP contribution in [-0.4, -0.2) is 37.6 Å². The Morgan fingerprint density at radius 1 is 1.17 bits per heavy atom. The Labute approximate surface area is 142 Å². The topological polar surface area (TPSA) is 66.8 Å². The van der Waals surface area contributed by atoms with Gasteiger partial charge in [-0.1, -0.05) is 30.3 Å². The van der Waals surface area contributed by atoms with Gasteiger partial charge in [-0.3, -0.25) is 0 Å². The van der Waals surface area contributed by atoms with E-state index in [1.165, 1.54) is 4.31 Å². The van der Waals surface area contributed by atoms with Crippen LogP contribution in [-0.2, 0) is 10.0 Å². The first-order valence-electron chi connectivity index (χ1n) is 7.83. The van der Waals surface area contributed by atoms with Crippen molar-refractivity contribution in [1.29, 1.82) is 0 Å². The Morgan fingerprint density at radius 3 is 2.62 bits per heavy atom. The molecule has 2 aromatic rings. The minimum atomic E-state index is -3.69. The molecule has 1 aliphatic rings. The second-order valence-electron chi connectivity index (χ2n) is 6.02. The van der Waals surface area contributed by atoms with Crippen molar-refractivity contribution in [2.75, 3.05) is 13.7 Å². The first-order chi connectivity index (χ1) is 11.4. The predicted octanol–water partition coefficient (Wildman–Crippen LogP) is 2.50. The van der Waals surface area contributed by atoms with E-state index in [4.69, 9.17) is 4.74 Å². The van der Waals surface area contributed by atoms with E-state index in [1.54, 1.807) is 32.2 Å². The summed E-state index contributed by atoms with van der Waals surface area (Å²) in [5.74, 6) is 0.669. The Morgan fingerprint density at radius 2 is 1.92 bits per heavy atom. The Hall–Kier alpha value is -1.89. The van der Waals surface area contributed by atoms with Crippen molar-refractivity contribution in [1.82, 2.24) is 4.31 Å². The minimum absolute atomic E-state index is 0.0958. The van der Waals surface area contributed by atoms with Crippen molar-refractivity contribution >= 4 is 10.0 Å². The molecule has 0 aliphatic carbocycles. The minimum Gasteiger partial charge on any atom is -0.497 e. The van der Waals surface area contributed by atoms with Crippen molar-refractivity contribution in [3.8, 4) is 5.75 Å². The number of hydrogen-bond donors (Lipinski definition) is 1. The number of aliphatic hydroxyl groups excluding tert-OH is 1. The molecule has 0 unspecified atom stereocenters. The standard InChI is InChI=1S/C18H21NO4S/c1-13-6-3-4-9-18(13)24(21,22)19-12-15(20)11-17(19)14-7-5-8-16(10-14)23-2/h3-10,15,17,20H,11-12H2,1-2H3/t15-,17-/m0/s1. The van der Waals surface area contributed by atoms with Crippen molar-refractivity contribution in [3.05, 3.63) is 59.7 Å². The maximum Gasteiger partial charge on any atom is 0.243 e. The molecule has 0 aromatic heterocycles. The van der Waals surface area contributed by atoms with E-state index >= 15 is 0 Å². The van der Waals surface area contributed by atoms with Crippen LogP contribution >= 0.6 is 0 Å². The SMILES string of the molecule is COc1cccc([C@@H]2C[C@H](O)CN2S(=O)(=O)c2ccccc2C)c1. The number of β-amino-alcohol motifs (C(OH)–C–C–N with tert-alkyl or cyclic N) is 1. The van der Waals surface area contributed by atoms with Crippen LogP contribution in [0.5, 0.6) is 5.75 Å². The number of ether oxygens (including phenoxy) is 1. The van der Waals surface area contributed by atoms with Gasteiger partial charge in [0.25, 0.3) is 0 Å². The van der Waals surface area contributed by atoms with Gasteiger partial charge in [0, 0.05) is 6.54 Å². The van der Waals surface area contributed by atoms with E-state index in [0.717, 1.165) is 5.56 Å². The third-order valence-electron chi connectivity index (χ3n) is 4.39. The summed E-state index contributed by atoms with van der Waals surface area (Å²) in [7, 11) is -2.11. The molecule has 1 heterocycles. The zero-order valence-electron chi connectivity index (χ0n) is 13.7. The summed E-state index contributed by atoms with van der Waals surface area (Å²) in [4.78, 5) is 0.284. The van der Waals surface area contributed by atoms with Crippen molar-refractivity contribution in [3.63, 3.8) is 0 Å². The number of rotatable bonds is 4. The second-order valence-corrected chi connectivity index (χ2v) is 7.88. The van der Waals surface area contributed by atoms with Crippen LogP contribution in [0.25, 0.3) is 0 Å². The molecule has 1 N–H and O–H groups in total. The van der Waals surface area contributed by atoms with E-state index in [0.29, 0.717) is 17.7 Å². The van der Waals surface area contributed by atoms with E-state index < -0.39 is 22.2 Å². The molecule has 24 heavy (non-hydrogen) atoms. The van der Waals surface area contributed by atoms with Crippen LogP contribution in [0.3, 0.4) is 0 Å². The molecule has 128 valence electrons. The fourth-order valence-electron chi connectivity index (χ4n) is 3.17. The molecule has 3 rings (SSSR count). The molecule has 2 aromatic carbocycles. The molecule has 0 amide bonds. The van der Waals surface area contributed by atoms with Gasteiger partial charge in [0.05, 0.1) is 24.2 Å². The van der Waals surface area contributed by atoms with Gasteiger partial charge < -0.3 is 9.84 Å². The fourth-order valence-corrected chi connectivity index (χ4v) is 5.06. The normalized spacial score (nSPS) is 21.8. The van der Waals surface area contributed by atoms with Crippen LogP contribution in [0, 0.1) is 6.92 Å². The van der Waals surface area contributed by atoms with Crippen LogP contribution in [0.2, 0.25) is 0 Å². The quantitative estimate of drug-likeness (QED) is 0.923. The first kappa shape index (κ1) is 17.0. The van der Waals surface area contributed by atoms with Gasteiger partial charge in [0.1, 0.15) is 5.75 Å². The molecule has 0 saturated carbocycles. The van der Waals surface area contributed by atoms with Crippen LogP contribution < -0.4 is 4.74 Å². The lowest BCUT2D eigenvalue weighted by Crippen LogP contribution is -2.32. The number of aliphatic hydroxyl groups is 1. The lowest BCUT2D eigenvalue weighted by Gasteiger charge is -2.25. The molecule has 1 saturated heterocycles. The Kier molecular flexibility index (Phi) is 4.62. The summed E-state index contributed by atoms with van der Waals surface area (Å²) < 4.78 is 32.9. The third kappa shape index (κ3) is 3.05. The molecule has 1 fully saturated rings. The third-order valence-corrected chi connectivity index (χ3v) is 6.43. The van der Waals surface area contributed by atoms with Crippen LogP contribution in [0.4, 0.5) is 0 Å². The highest BCUT2D eigenvalue weighted by atomic mass is 32.2. The number of nitrogens with zero attached hydrogens (tertiary/aromatic N) is 1. The van der Waals surface area contributed by atoms with E-state index in [1.807, 2.05) is 30.3 Å². The summed E-state index contributed by atoms with van der Waals surface area (Å²) in [5.41, 5.74) is 1.52. The van der Waals surface area contributed by atoms with Gasteiger partial charge in [-0.15, -0.1) is 0 Å². The van der Waals surface area contributed by atoms with Crippen LogP contribution in [0.15, 0.2) is 53.4 Å². The second kappa shape index (κ2) is 6.55. The Balaban J connectivity index is 2.03. The van der Waals surface area contributed by atoms with Gasteiger partial charge in [-0.25, -0.2) is 8.42 Å². The molecule has 0 bridgehead atoms. The van der Waals surface area contributed by atoms with Gasteiger partial charge in [0.2, 0.25) is 10.0 Å². The van der Waals surface area contributed by atoms with Gasteiger partial charge in [-0.05, 0) is 42.7 Å². The van der Waals surface area contributed by atoms with Crippen molar-refractivity contribution < 1.29 is 18.3 Å². The molecular weight excluding hydrogens is 326 g/mol. The molecule has 5 nitrogen and oxygen atoms in total. The highest BCUT2D eigenvalue weighted by molar-refractivity contribution is 7.89. The van der Waals surface area contributed by atoms with E-state index in [2.05, 4.69) is 0 Å². The maximum absolute atomic E-state index is 13.1. The maximum atomic E-state index is 13.1. The van der Waals surface area contributed by atoms with Gasteiger partial charge in [0.15, 0.2) is 0 Å². The molecule has 0 radical (unpaired) electrons. The highest BCUT2D eigenvalue weighted by Gasteiger charge is 2.40. The summed E-state index contributed by atoms with van der Waals surface area (Å²) >= 11 is 0. The van der Waals surface area contributed by atoms with Crippen LogP contribution in [0.1, 0.15) is 23.6 Å². The molecule has 1 aliphatic heterocycles. The number of benzene rings is 2. The zero-order valence-corrected chi connectivity index (χ0v) is 14.5. The van der Waals surface area contributed by atoms with Crippen molar-refractivity contribution in [2.45, 2.75) is 30.4 Å². The average molecular weight is 347 g/mol. The first-order valence-corrected chi connectivity index (χ1v) is 9.27. The predicted molar refractivity (Wildman–Crippen MR) is 91.4 cm³/mol. The smallest absolute Gasteiger partial charge is 0.243 e. The number of hydrogen-bond acceptors (Lipinski definition) is 4. The summed E-state index contributed by atoms with van der Waals surface area (Å²) in [6.07, 6.45) is -0.307. The molecular formula is C18H21NO4S. The Bertz CT molecular complexity index is 834. The fraction of sp³-hybridized carbons (Fsp3) is 0.333.